The lowest BCUT2D eigenvalue weighted by molar-refractivity contribution is 0.0816. The first kappa shape index (κ1) is 23.7. The number of rotatable bonds is 7. The molecule has 0 radical (unpaired) electrons. The number of piperidine rings is 1. The van der Waals surface area contributed by atoms with Crippen LogP contribution < -0.4 is 9.47 Å². The second-order valence-electron chi connectivity index (χ2n) is 9.98. The maximum atomic E-state index is 13.2. The molecule has 1 aliphatic heterocycles. The number of methoxy groups -OCH3 is 1. The second kappa shape index (κ2) is 9.30. The Kier molecular flexibility index (Phi) is 5.95. The van der Waals surface area contributed by atoms with E-state index in [9.17, 15) is 14.0 Å². The van der Waals surface area contributed by atoms with E-state index in [1.165, 1.54) is 7.11 Å². The predicted molar refractivity (Wildman–Crippen MR) is 135 cm³/mol. The van der Waals surface area contributed by atoms with E-state index >= 15 is 0 Å². The topological polar surface area (TPSA) is 103 Å². The Morgan fingerprint density at radius 3 is 2.62 bits per heavy atom. The molecule has 6 rings (SSSR count). The van der Waals surface area contributed by atoms with E-state index in [0.717, 1.165) is 55.5 Å². The number of benzene rings is 1. The number of alkyl halides is 2. The van der Waals surface area contributed by atoms with E-state index < -0.39 is 13.0 Å². The summed E-state index contributed by atoms with van der Waals surface area (Å²) in [5.74, 6) is 1.77. The number of nitrogens with zero attached hydrogens (tertiary/aromatic N) is 4. The van der Waals surface area contributed by atoms with Gasteiger partial charge in [-0.05, 0) is 63.4 Å². The van der Waals surface area contributed by atoms with Crippen molar-refractivity contribution in [3.05, 3.63) is 35.2 Å². The number of nitriles is 1. The van der Waals surface area contributed by atoms with Gasteiger partial charge in [0.25, 0.3) is 6.43 Å². The van der Waals surface area contributed by atoms with Gasteiger partial charge in [-0.2, -0.15) is 5.26 Å². The molecular formula is C27H28F2N6O2. The van der Waals surface area contributed by atoms with Gasteiger partial charge < -0.3 is 24.3 Å². The first-order chi connectivity index (χ1) is 18.0. The highest BCUT2D eigenvalue weighted by atomic mass is 19.3. The fourth-order valence-corrected chi connectivity index (χ4v) is 5.45. The van der Waals surface area contributed by atoms with Gasteiger partial charge in [0, 0.05) is 23.2 Å². The van der Waals surface area contributed by atoms with Crippen LogP contribution in [0, 0.1) is 11.3 Å². The molecule has 37 heavy (non-hydrogen) atoms. The van der Waals surface area contributed by atoms with E-state index in [2.05, 4.69) is 33.0 Å². The first-order valence-corrected chi connectivity index (χ1v) is 12.6. The zero-order valence-corrected chi connectivity index (χ0v) is 20.8. The van der Waals surface area contributed by atoms with Crippen LogP contribution in [-0.4, -0.2) is 65.1 Å². The molecule has 192 valence electrons. The lowest BCUT2D eigenvalue weighted by Crippen LogP contribution is -2.29. The molecule has 10 heteroatoms. The lowest BCUT2D eigenvalue weighted by Gasteiger charge is -2.30. The number of fused-ring (bicyclic) bond motifs is 2. The Hall–Kier alpha value is -3.71. The Bertz CT molecular complexity index is 1510. The summed E-state index contributed by atoms with van der Waals surface area (Å²) in [5, 5.41) is 10.6. The molecule has 0 spiro atoms. The SMILES string of the molecule is COc1ncc2c(C#N)c(C3CC3)[nH]c2c1-c1nc2c(OCC(F)F)c(C3CCN(C)CC3)ccc2[nH]1. The summed E-state index contributed by atoms with van der Waals surface area (Å²) in [6.45, 7) is 1.17. The summed E-state index contributed by atoms with van der Waals surface area (Å²) in [5.41, 5.74) is 4.90. The third-order valence-corrected chi connectivity index (χ3v) is 7.52. The van der Waals surface area contributed by atoms with Crippen molar-refractivity contribution >= 4 is 21.9 Å². The highest BCUT2D eigenvalue weighted by molar-refractivity contribution is 6.00. The van der Waals surface area contributed by atoms with Crippen LogP contribution in [0.3, 0.4) is 0 Å². The van der Waals surface area contributed by atoms with Crippen LogP contribution in [0.2, 0.25) is 0 Å². The van der Waals surface area contributed by atoms with Crippen LogP contribution >= 0.6 is 0 Å². The normalized spacial score (nSPS) is 17.1. The Balaban J connectivity index is 1.52. The number of hydrogen-bond donors (Lipinski definition) is 2. The van der Waals surface area contributed by atoms with Gasteiger partial charge in [-0.1, -0.05) is 6.07 Å². The van der Waals surface area contributed by atoms with Crippen LogP contribution in [0.4, 0.5) is 8.78 Å². The summed E-state index contributed by atoms with van der Waals surface area (Å²) in [6.07, 6.45) is 2.97. The van der Waals surface area contributed by atoms with Crippen molar-refractivity contribution in [2.24, 2.45) is 0 Å². The Morgan fingerprint density at radius 1 is 1.16 bits per heavy atom. The van der Waals surface area contributed by atoms with Gasteiger partial charge in [0.1, 0.15) is 29.6 Å². The Labute approximate surface area is 212 Å². The summed E-state index contributed by atoms with van der Waals surface area (Å²) in [4.78, 5) is 18.4. The molecule has 3 aromatic heterocycles. The molecule has 0 atom stereocenters. The highest BCUT2D eigenvalue weighted by Crippen LogP contribution is 2.46. The van der Waals surface area contributed by atoms with Crippen LogP contribution in [0.15, 0.2) is 18.3 Å². The number of H-pyrrole nitrogens is 2. The van der Waals surface area contributed by atoms with E-state index in [1.807, 2.05) is 12.1 Å². The lowest BCUT2D eigenvalue weighted by atomic mass is 9.88. The van der Waals surface area contributed by atoms with E-state index in [1.54, 1.807) is 6.20 Å². The molecule has 0 amide bonds. The van der Waals surface area contributed by atoms with Crippen LogP contribution in [0.25, 0.3) is 33.3 Å². The molecule has 0 unspecified atom stereocenters. The van der Waals surface area contributed by atoms with Crippen molar-refractivity contribution in [1.82, 2.24) is 24.8 Å². The van der Waals surface area contributed by atoms with Crippen LogP contribution in [0.1, 0.15) is 54.3 Å². The molecular weight excluding hydrogens is 478 g/mol. The minimum Gasteiger partial charge on any atom is -0.485 e. The van der Waals surface area contributed by atoms with Crippen molar-refractivity contribution in [3.8, 4) is 29.1 Å². The van der Waals surface area contributed by atoms with Crippen molar-refractivity contribution in [2.45, 2.75) is 43.9 Å². The van der Waals surface area contributed by atoms with Gasteiger partial charge in [-0.25, -0.2) is 18.7 Å². The molecule has 1 aromatic carbocycles. The zero-order chi connectivity index (χ0) is 25.7. The summed E-state index contributed by atoms with van der Waals surface area (Å²) < 4.78 is 37.7. The second-order valence-corrected chi connectivity index (χ2v) is 9.98. The Morgan fingerprint density at radius 2 is 1.95 bits per heavy atom. The van der Waals surface area contributed by atoms with E-state index in [-0.39, 0.29) is 5.92 Å². The zero-order valence-electron chi connectivity index (χ0n) is 20.8. The number of pyridine rings is 1. The number of likely N-dealkylation sites (tertiary alicyclic amines) is 1. The fraction of sp³-hybridized carbons (Fsp3) is 0.444. The maximum absolute atomic E-state index is 13.2. The number of ether oxygens (including phenoxy) is 2. The summed E-state index contributed by atoms with van der Waals surface area (Å²) >= 11 is 0. The van der Waals surface area contributed by atoms with Crippen LogP contribution in [0.5, 0.6) is 11.6 Å². The molecule has 8 nitrogen and oxygen atoms in total. The van der Waals surface area contributed by atoms with Gasteiger partial charge in [-0.15, -0.1) is 0 Å². The van der Waals surface area contributed by atoms with Crippen molar-refractivity contribution < 1.29 is 18.3 Å². The third-order valence-electron chi connectivity index (χ3n) is 7.52. The van der Waals surface area contributed by atoms with Crippen molar-refractivity contribution in [1.29, 1.82) is 5.26 Å². The van der Waals surface area contributed by atoms with Crippen molar-refractivity contribution in [2.75, 3.05) is 33.9 Å². The van der Waals surface area contributed by atoms with E-state index in [0.29, 0.717) is 50.9 Å². The predicted octanol–water partition coefficient (Wildman–Crippen LogP) is 5.32. The number of aromatic nitrogens is 4. The molecule has 2 N–H and O–H groups in total. The van der Waals surface area contributed by atoms with Gasteiger partial charge in [-0.3, -0.25) is 0 Å². The summed E-state index contributed by atoms with van der Waals surface area (Å²) in [7, 11) is 3.62. The molecule has 4 aromatic rings. The first-order valence-electron chi connectivity index (χ1n) is 12.6. The molecule has 4 heterocycles. The molecule has 1 saturated carbocycles. The molecule has 2 fully saturated rings. The molecule has 1 saturated heterocycles. The largest absolute Gasteiger partial charge is 0.485 e. The number of imidazole rings is 1. The quantitative estimate of drug-likeness (QED) is 0.352. The highest BCUT2D eigenvalue weighted by Gasteiger charge is 2.31. The minimum absolute atomic E-state index is 0.204. The summed E-state index contributed by atoms with van der Waals surface area (Å²) in [6, 6.07) is 6.22. The van der Waals surface area contributed by atoms with Crippen molar-refractivity contribution in [3.63, 3.8) is 0 Å². The number of halogens is 2. The van der Waals surface area contributed by atoms with Crippen LogP contribution in [-0.2, 0) is 0 Å². The fourth-order valence-electron chi connectivity index (χ4n) is 5.45. The van der Waals surface area contributed by atoms with Gasteiger partial charge in [0.15, 0.2) is 5.75 Å². The molecule has 2 aliphatic rings. The van der Waals surface area contributed by atoms with Gasteiger partial charge in [0.2, 0.25) is 5.88 Å². The maximum Gasteiger partial charge on any atom is 0.272 e. The average molecular weight is 507 g/mol. The monoisotopic (exact) mass is 506 g/mol. The number of nitrogens with one attached hydrogen (secondary N) is 2. The molecule has 1 aliphatic carbocycles. The third kappa shape index (κ3) is 4.17. The van der Waals surface area contributed by atoms with Gasteiger partial charge >= 0.3 is 0 Å². The minimum atomic E-state index is -2.60. The van der Waals surface area contributed by atoms with E-state index in [4.69, 9.17) is 14.5 Å². The van der Waals surface area contributed by atoms with Gasteiger partial charge in [0.05, 0.1) is 23.7 Å². The number of hydrogen-bond acceptors (Lipinski definition) is 6. The average Bonchev–Trinajstić information content (AvgIpc) is 3.54. The number of aromatic amines is 2. The standard InChI is InChI=1S/C27H28F2N6O2/c1-35-9-7-14(8-10-35)16-5-6-19-24(25(16)37-13-20(28)29)34-26(32-19)21-23-18(12-31-27(21)36-2)17(11-30)22(33-23)15-3-4-15/h5-6,12,14-15,20,33H,3-4,7-10,13H2,1-2H3,(H,32,34). The smallest absolute Gasteiger partial charge is 0.272 e. The molecule has 0 bridgehead atoms.